The number of nitrogens with one attached hydrogen (secondary N) is 1. The van der Waals surface area contributed by atoms with Crippen LogP contribution < -0.4 is 19.1 Å². The molecule has 0 saturated heterocycles. The lowest BCUT2D eigenvalue weighted by molar-refractivity contribution is -0.123. The summed E-state index contributed by atoms with van der Waals surface area (Å²) in [6.45, 7) is 10.6. The number of hydrogen-bond donors (Lipinski definition) is 1. The SMILES string of the molecule is COc1ccc(OC)c(N(CCCC(=O)NC(C)(C)CC(C)(C)C)S(C)(=O)=O)c1. The minimum Gasteiger partial charge on any atom is -0.497 e. The molecule has 0 aliphatic rings. The molecule has 29 heavy (non-hydrogen) atoms. The van der Waals surface area contributed by atoms with Gasteiger partial charge in [0.15, 0.2) is 0 Å². The van der Waals surface area contributed by atoms with Crippen molar-refractivity contribution in [3.63, 3.8) is 0 Å². The van der Waals surface area contributed by atoms with Gasteiger partial charge in [0.2, 0.25) is 15.9 Å². The van der Waals surface area contributed by atoms with Gasteiger partial charge in [-0.1, -0.05) is 20.8 Å². The lowest BCUT2D eigenvalue weighted by Gasteiger charge is -2.33. The number of methoxy groups -OCH3 is 2. The number of nitrogens with zero attached hydrogens (tertiary/aromatic N) is 1. The van der Waals surface area contributed by atoms with Gasteiger partial charge in [-0.3, -0.25) is 9.10 Å². The summed E-state index contributed by atoms with van der Waals surface area (Å²) in [5.41, 5.74) is 0.150. The fourth-order valence-corrected chi connectivity index (χ4v) is 4.61. The fourth-order valence-electron chi connectivity index (χ4n) is 3.65. The summed E-state index contributed by atoms with van der Waals surface area (Å²) < 4.78 is 36.6. The van der Waals surface area contributed by atoms with E-state index in [-0.39, 0.29) is 29.8 Å². The predicted octanol–water partition coefficient (Wildman–Crippen LogP) is 3.58. The van der Waals surface area contributed by atoms with Gasteiger partial charge in [0, 0.05) is 24.6 Å². The van der Waals surface area contributed by atoms with Crippen molar-refractivity contribution in [2.45, 2.75) is 59.4 Å². The number of carbonyl (C=O) groups excluding carboxylic acids is 1. The second-order valence-corrected chi connectivity index (χ2v) is 11.1. The monoisotopic (exact) mass is 428 g/mol. The highest BCUT2D eigenvalue weighted by atomic mass is 32.2. The molecule has 1 rings (SSSR count). The van der Waals surface area contributed by atoms with Crippen LogP contribution in [0.2, 0.25) is 0 Å². The lowest BCUT2D eigenvalue weighted by Crippen LogP contribution is -2.46. The van der Waals surface area contributed by atoms with Crippen LogP contribution >= 0.6 is 0 Å². The molecule has 0 fully saturated rings. The number of benzene rings is 1. The Kier molecular flexibility index (Phi) is 8.38. The summed E-state index contributed by atoms with van der Waals surface area (Å²) >= 11 is 0. The van der Waals surface area contributed by atoms with Gasteiger partial charge in [0.05, 0.1) is 26.2 Å². The maximum absolute atomic E-state index is 12.4. The van der Waals surface area contributed by atoms with Crippen molar-refractivity contribution in [2.75, 3.05) is 31.3 Å². The summed E-state index contributed by atoms with van der Waals surface area (Å²) in [7, 11) is -0.570. The van der Waals surface area contributed by atoms with E-state index in [1.165, 1.54) is 18.5 Å². The molecule has 1 amide bonds. The Bertz CT molecular complexity index is 798. The third kappa shape index (κ3) is 8.51. The van der Waals surface area contributed by atoms with Gasteiger partial charge in [-0.2, -0.15) is 0 Å². The molecule has 8 heteroatoms. The number of sulfonamides is 1. The number of ether oxygens (including phenoxy) is 2. The normalized spacial score (nSPS) is 12.4. The molecule has 0 bridgehead atoms. The van der Waals surface area contributed by atoms with Gasteiger partial charge in [-0.05, 0) is 44.2 Å². The van der Waals surface area contributed by atoms with E-state index in [2.05, 4.69) is 26.1 Å². The minimum atomic E-state index is -3.57. The highest BCUT2D eigenvalue weighted by molar-refractivity contribution is 7.92. The lowest BCUT2D eigenvalue weighted by atomic mass is 9.82. The fraction of sp³-hybridized carbons (Fsp3) is 0.667. The maximum Gasteiger partial charge on any atom is 0.232 e. The average molecular weight is 429 g/mol. The summed E-state index contributed by atoms with van der Waals surface area (Å²) in [4.78, 5) is 12.4. The maximum atomic E-state index is 12.4. The van der Waals surface area contributed by atoms with Crippen LogP contribution in [-0.4, -0.2) is 46.9 Å². The molecule has 166 valence electrons. The van der Waals surface area contributed by atoms with E-state index in [0.717, 1.165) is 12.7 Å². The van der Waals surface area contributed by atoms with E-state index >= 15 is 0 Å². The van der Waals surface area contributed by atoms with Crippen molar-refractivity contribution in [2.24, 2.45) is 5.41 Å². The van der Waals surface area contributed by atoms with Gasteiger partial charge in [-0.25, -0.2) is 8.42 Å². The molecule has 0 unspecified atom stereocenters. The molecule has 0 aliphatic carbocycles. The van der Waals surface area contributed by atoms with Crippen LogP contribution in [0.15, 0.2) is 18.2 Å². The Labute approximate surface area is 175 Å². The van der Waals surface area contributed by atoms with Gasteiger partial charge in [0.25, 0.3) is 0 Å². The highest BCUT2D eigenvalue weighted by Gasteiger charge is 2.27. The Balaban J connectivity index is 2.87. The zero-order chi connectivity index (χ0) is 22.5. The van der Waals surface area contributed by atoms with Crippen LogP contribution in [0.4, 0.5) is 5.69 Å². The van der Waals surface area contributed by atoms with Crippen molar-refractivity contribution in [3.8, 4) is 11.5 Å². The zero-order valence-corrected chi connectivity index (χ0v) is 19.8. The summed E-state index contributed by atoms with van der Waals surface area (Å²) in [6.07, 6.45) is 2.58. The standard InChI is InChI=1S/C21H36N2O5S/c1-20(2,3)15-21(4,5)22-19(24)10-9-13-23(29(8,25)26)17-14-16(27-6)11-12-18(17)28-7/h11-12,14H,9-10,13,15H2,1-8H3,(H,22,24). The van der Waals surface area contributed by atoms with E-state index < -0.39 is 10.0 Å². The van der Waals surface area contributed by atoms with Gasteiger partial charge in [-0.15, -0.1) is 0 Å². The number of amides is 1. The van der Waals surface area contributed by atoms with Crippen molar-refractivity contribution in [3.05, 3.63) is 18.2 Å². The first kappa shape index (κ1) is 25.1. The number of anilines is 1. The molecule has 1 N–H and O–H groups in total. The molecule has 1 aromatic carbocycles. The van der Waals surface area contributed by atoms with Gasteiger partial charge in [0.1, 0.15) is 11.5 Å². The molecular formula is C21H36N2O5S. The first-order valence-electron chi connectivity index (χ1n) is 9.69. The van der Waals surface area contributed by atoms with E-state index in [1.807, 2.05) is 13.8 Å². The van der Waals surface area contributed by atoms with Crippen LogP contribution in [-0.2, 0) is 14.8 Å². The number of carbonyl (C=O) groups is 1. The number of rotatable bonds is 10. The predicted molar refractivity (Wildman–Crippen MR) is 117 cm³/mol. The third-order valence-electron chi connectivity index (χ3n) is 4.27. The van der Waals surface area contributed by atoms with E-state index in [9.17, 15) is 13.2 Å². The van der Waals surface area contributed by atoms with Crippen molar-refractivity contribution >= 4 is 21.6 Å². The Morgan fingerprint density at radius 2 is 1.72 bits per heavy atom. The molecule has 7 nitrogen and oxygen atoms in total. The average Bonchev–Trinajstić information content (AvgIpc) is 2.54. The summed E-state index contributed by atoms with van der Waals surface area (Å²) in [6, 6.07) is 4.98. The van der Waals surface area contributed by atoms with Crippen LogP contribution in [0.1, 0.15) is 53.9 Å². The topological polar surface area (TPSA) is 84.9 Å². The van der Waals surface area contributed by atoms with Crippen molar-refractivity contribution in [1.29, 1.82) is 0 Å². The molecule has 0 saturated carbocycles. The summed E-state index contributed by atoms with van der Waals surface area (Å²) in [5.74, 6) is 0.855. The van der Waals surface area contributed by atoms with Gasteiger partial charge < -0.3 is 14.8 Å². The van der Waals surface area contributed by atoms with E-state index in [0.29, 0.717) is 23.6 Å². The van der Waals surface area contributed by atoms with Crippen LogP contribution in [0.3, 0.4) is 0 Å². The molecular weight excluding hydrogens is 392 g/mol. The minimum absolute atomic E-state index is 0.0901. The Morgan fingerprint density at radius 1 is 1.10 bits per heavy atom. The number of hydrogen-bond acceptors (Lipinski definition) is 5. The molecule has 1 aromatic rings. The molecule has 0 radical (unpaired) electrons. The first-order valence-corrected chi connectivity index (χ1v) is 11.5. The molecule has 0 spiro atoms. The van der Waals surface area contributed by atoms with Crippen LogP contribution in [0, 0.1) is 5.41 Å². The van der Waals surface area contributed by atoms with Gasteiger partial charge >= 0.3 is 0 Å². The van der Waals surface area contributed by atoms with Crippen LogP contribution in [0.25, 0.3) is 0 Å². The zero-order valence-electron chi connectivity index (χ0n) is 19.0. The Morgan fingerprint density at radius 3 is 2.21 bits per heavy atom. The first-order chi connectivity index (χ1) is 13.2. The Hall–Kier alpha value is -1.96. The smallest absolute Gasteiger partial charge is 0.232 e. The largest absolute Gasteiger partial charge is 0.497 e. The summed E-state index contributed by atoms with van der Waals surface area (Å²) in [5, 5.41) is 3.05. The van der Waals surface area contributed by atoms with Crippen molar-refractivity contribution < 1.29 is 22.7 Å². The molecule has 0 heterocycles. The van der Waals surface area contributed by atoms with Crippen LogP contribution in [0.5, 0.6) is 11.5 Å². The second kappa shape index (κ2) is 9.69. The molecule has 0 atom stereocenters. The van der Waals surface area contributed by atoms with E-state index in [1.54, 1.807) is 18.2 Å². The quantitative estimate of drug-likeness (QED) is 0.616. The second-order valence-electron chi connectivity index (χ2n) is 9.15. The van der Waals surface area contributed by atoms with Crippen molar-refractivity contribution in [1.82, 2.24) is 5.32 Å². The van der Waals surface area contributed by atoms with E-state index in [4.69, 9.17) is 9.47 Å². The molecule has 0 aliphatic heterocycles. The molecule has 0 aromatic heterocycles. The highest BCUT2D eigenvalue weighted by Crippen LogP contribution is 2.34. The third-order valence-corrected chi connectivity index (χ3v) is 5.45.